The zero-order valence-electron chi connectivity index (χ0n) is 18.5. The largest absolute Gasteiger partial charge is 0.494 e. The number of carbonyl (C=O) groups is 1. The van der Waals surface area contributed by atoms with Crippen molar-refractivity contribution in [2.75, 3.05) is 43.6 Å². The number of ether oxygens (including phenoxy) is 2. The maximum atomic E-state index is 13.3. The fraction of sp³-hybridized carbons (Fsp3) is 0.261. The van der Waals surface area contributed by atoms with Gasteiger partial charge < -0.3 is 14.4 Å². The van der Waals surface area contributed by atoms with Crippen molar-refractivity contribution in [1.82, 2.24) is 19.9 Å². The molecule has 0 spiro atoms. The van der Waals surface area contributed by atoms with Gasteiger partial charge in [-0.25, -0.2) is 15.0 Å². The maximum Gasteiger partial charge on any atom is 0.259 e. The number of anilines is 2. The number of carbonyl (C=O) groups excluding carboxylic acids is 1. The molecule has 0 aliphatic carbocycles. The van der Waals surface area contributed by atoms with Crippen LogP contribution in [0.15, 0.2) is 36.8 Å². The lowest BCUT2D eigenvalue weighted by Gasteiger charge is -2.27. The van der Waals surface area contributed by atoms with Gasteiger partial charge in [0, 0.05) is 42.2 Å². The first-order chi connectivity index (χ1) is 16.5. The van der Waals surface area contributed by atoms with Crippen LogP contribution in [0.4, 0.5) is 10.9 Å². The third-order valence-corrected chi connectivity index (χ3v) is 6.59. The Kier molecular flexibility index (Phi) is 6.27. The van der Waals surface area contributed by atoms with E-state index in [0.29, 0.717) is 45.9 Å². The van der Waals surface area contributed by atoms with Gasteiger partial charge in [-0.05, 0) is 19.1 Å². The third-order valence-electron chi connectivity index (χ3n) is 5.45. The number of nitrogens with zero attached hydrogens (tertiary/aromatic N) is 5. The fourth-order valence-electron chi connectivity index (χ4n) is 3.76. The number of nitrogens with one attached hydrogen (secondary N) is 1. The number of thiazole rings is 1. The highest BCUT2D eigenvalue weighted by atomic mass is 35.5. The summed E-state index contributed by atoms with van der Waals surface area (Å²) in [6.45, 7) is 4.82. The molecule has 0 atom stereocenters. The van der Waals surface area contributed by atoms with E-state index in [1.165, 1.54) is 17.5 Å². The van der Waals surface area contributed by atoms with Crippen molar-refractivity contribution in [3.05, 3.63) is 53.2 Å². The van der Waals surface area contributed by atoms with Crippen LogP contribution < -0.4 is 15.0 Å². The molecule has 11 heteroatoms. The van der Waals surface area contributed by atoms with Crippen LogP contribution in [0.5, 0.6) is 5.75 Å². The van der Waals surface area contributed by atoms with E-state index in [9.17, 15) is 4.79 Å². The van der Waals surface area contributed by atoms with Crippen molar-refractivity contribution in [2.45, 2.75) is 6.92 Å². The van der Waals surface area contributed by atoms with Crippen LogP contribution in [-0.4, -0.2) is 59.3 Å². The minimum absolute atomic E-state index is 0.298. The molecule has 0 saturated carbocycles. The van der Waals surface area contributed by atoms with E-state index in [1.54, 1.807) is 25.6 Å². The number of hydrogen-bond donors (Lipinski definition) is 1. The zero-order valence-corrected chi connectivity index (χ0v) is 20.1. The molecule has 1 amide bonds. The molecule has 174 valence electrons. The molecule has 0 unspecified atom stereocenters. The number of amides is 1. The van der Waals surface area contributed by atoms with E-state index >= 15 is 0 Å². The Labute approximate surface area is 204 Å². The number of aromatic nitrogens is 4. The van der Waals surface area contributed by atoms with Gasteiger partial charge in [0.2, 0.25) is 0 Å². The summed E-state index contributed by atoms with van der Waals surface area (Å²) in [6, 6.07) is 5.49. The van der Waals surface area contributed by atoms with Crippen LogP contribution in [-0.2, 0) is 4.74 Å². The zero-order chi connectivity index (χ0) is 23.7. The minimum atomic E-state index is -0.335. The lowest BCUT2D eigenvalue weighted by molar-refractivity contribution is 0.102. The predicted octanol–water partition coefficient (Wildman–Crippen LogP) is 4.21. The number of fused-ring (bicyclic) bond motifs is 1. The van der Waals surface area contributed by atoms with E-state index in [2.05, 4.69) is 30.2 Å². The van der Waals surface area contributed by atoms with Gasteiger partial charge in [-0.2, -0.15) is 0 Å². The molecule has 9 nitrogen and oxygen atoms in total. The van der Waals surface area contributed by atoms with Gasteiger partial charge in [-0.15, -0.1) is 0 Å². The number of aryl methyl sites for hydroxylation is 1. The van der Waals surface area contributed by atoms with Crippen LogP contribution in [0.25, 0.3) is 21.3 Å². The molecule has 0 bridgehead atoms. The molecule has 5 rings (SSSR count). The molecule has 1 N–H and O–H groups in total. The third kappa shape index (κ3) is 4.52. The Bertz CT molecular complexity index is 1370. The Morgan fingerprint density at radius 3 is 2.74 bits per heavy atom. The van der Waals surface area contributed by atoms with E-state index < -0.39 is 0 Å². The Hall–Kier alpha value is -3.34. The van der Waals surface area contributed by atoms with Gasteiger partial charge in [0.1, 0.15) is 22.2 Å². The summed E-state index contributed by atoms with van der Waals surface area (Å²) in [5.41, 5.74) is 3.15. The van der Waals surface area contributed by atoms with E-state index in [1.807, 2.05) is 19.1 Å². The Balaban J connectivity index is 1.45. The first-order valence-corrected chi connectivity index (χ1v) is 11.8. The molecular formula is C23H21ClN6O3S. The topological polar surface area (TPSA) is 102 Å². The molecule has 1 fully saturated rings. The number of halogens is 1. The average molecular weight is 497 g/mol. The number of hydrogen-bond acceptors (Lipinski definition) is 9. The number of rotatable bonds is 5. The van der Waals surface area contributed by atoms with E-state index in [4.69, 9.17) is 21.1 Å². The van der Waals surface area contributed by atoms with Gasteiger partial charge in [-0.3, -0.25) is 15.1 Å². The molecule has 34 heavy (non-hydrogen) atoms. The number of pyridine rings is 3. The van der Waals surface area contributed by atoms with Gasteiger partial charge in [0.25, 0.3) is 5.91 Å². The van der Waals surface area contributed by atoms with Crippen molar-refractivity contribution in [3.63, 3.8) is 0 Å². The molecule has 5 heterocycles. The van der Waals surface area contributed by atoms with Crippen LogP contribution in [0.1, 0.15) is 16.1 Å². The predicted molar refractivity (Wildman–Crippen MR) is 132 cm³/mol. The van der Waals surface area contributed by atoms with E-state index in [0.717, 1.165) is 34.8 Å². The SMILES string of the molecule is COc1cnc(Cl)cc1-c1cc(C)ncc1C(=O)Nc1nc2cnc(N3CCOCC3)cc2s1. The van der Waals surface area contributed by atoms with Crippen LogP contribution >= 0.6 is 22.9 Å². The van der Waals surface area contributed by atoms with Crippen LogP contribution in [0.3, 0.4) is 0 Å². The first kappa shape index (κ1) is 22.5. The van der Waals surface area contributed by atoms with Gasteiger partial charge in [0.05, 0.1) is 43.0 Å². The highest BCUT2D eigenvalue weighted by Gasteiger charge is 2.20. The molecule has 1 saturated heterocycles. The average Bonchev–Trinajstić information content (AvgIpc) is 3.25. The summed E-state index contributed by atoms with van der Waals surface area (Å²) in [5, 5.41) is 3.68. The lowest BCUT2D eigenvalue weighted by atomic mass is 10.0. The van der Waals surface area contributed by atoms with Gasteiger partial charge in [0.15, 0.2) is 5.13 Å². The highest BCUT2D eigenvalue weighted by Crippen LogP contribution is 2.35. The molecule has 0 aromatic carbocycles. The van der Waals surface area contributed by atoms with Crippen molar-refractivity contribution in [1.29, 1.82) is 0 Å². The summed E-state index contributed by atoms with van der Waals surface area (Å²) in [6.07, 6.45) is 4.80. The van der Waals surface area contributed by atoms with E-state index in [-0.39, 0.29) is 5.91 Å². The standard InChI is InChI=1S/C23H21ClN6O3S/c1-13-7-14(15-8-20(24)26-12-18(15)32-2)16(10-25-13)22(31)29-23-28-17-11-27-21(9-19(17)34-23)30-3-5-33-6-4-30/h7-12H,3-6H2,1-2H3,(H,28,29,31). The maximum absolute atomic E-state index is 13.3. The highest BCUT2D eigenvalue weighted by molar-refractivity contribution is 7.22. The summed E-state index contributed by atoms with van der Waals surface area (Å²) in [5.74, 6) is 1.05. The van der Waals surface area contributed by atoms with Crippen molar-refractivity contribution in [2.24, 2.45) is 0 Å². The van der Waals surface area contributed by atoms with Crippen LogP contribution in [0, 0.1) is 6.92 Å². The molecule has 4 aromatic rings. The smallest absolute Gasteiger partial charge is 0.259 e. The Morgan fingerprint density at radius 1 is 1.12 bits per heavy atom. The normalized spacial score (nSPS) is 13.8. The second-order valence-corrected chi connectivity index (χ2v) is 9.08. The molecular weight excluding hydrogens is 476 g/mol. The molecule has 1 aliphatic heterocycles. The summed E-state index contributed by atoms with van der Waals surface area (Å²) < 4.78 is 11.8. The van der Waals surface area contributed by atoms with Crippen molar-refractivity contribution >= 4 is 50.0 Å². The lowest BCUT2D eigenvalue weighted by Crippen LogP contribution is -2.36. The number of methoxy groups -OCH3 is 1. The van der Waals surface area contributed by atoms with Crippen LogP contribution in [0.2, 0.25) is 5.15 Å². The van der Waals surface area contributed by atoms with Gasteiger partial charge >= 0.3 is 0 Å². The number of morpholine rings is 1. The molecule has 4 aromatic heterocycles. The van der Waals surface area contributed by atoms with Gasteiger partial charge in [-0.1, -0.05) is 22.9 Å². The van der Waals surface area contributed by atoms with Crippen molar-refractivity contribution < 1.29 is 14.3 Å². The summed E-state index contributed by atoms with van der Waals surface area (Å²) >= 11 is 7.53. The van der Waals surface area contributed by atoms with Crippen molar-refractivity contribution in [3.8, 4) is 16.9 Å². The second-order valence-electron chi connectivity index (χ2n) is 7.66. The monoisotopic (exact) mass is 496 g/mol. The first-order valence-electron chi connectivity index (χ1n) is 10.6. The molecule has 0 radical (unpaired) electrons. The summed E-state index contributed by atoms with van der Waals surface area (Å²) in [7, 11) is 1.54. The summed E-state index contributed by atoms with van der Waals surface area (Å²) in [4.78, 5) is 32.9. The second kappa shape index (κ2) is 9.49. The Morgan fingerprint density at radius 2 is 1.94 bits per heavy atom. The minimum Gasteiger partial charge on any atom is -0.494 e. The quantitative estimate of drug-likeness (QED) is 0.410. The molecule has 1 aliphatic rings. The fourth-order valence-corrected chi connectivity index (χ4v) is 4.78.